The summed E-state index contributed by atoms with van der Waals surface area (Å²) in [6, 6.07) is 0. The molecule has 2 heteroatoms. The van der Waals surface area contributed by atoms with E-state index in [2.05, 4.69) is 6.92 Å². The first kappa shape index (κ1) is 8.24. The first-order valence-corrected chi connectivity index (χ1v) is 4.78. The number of ketones is 1. The molecular formula is C10H16O2. The second-order valence-electron chi connectivity index (χ2n) is 4.47. The fourth-order valence-corrected chi connectivity index (χ4v) is 2.77. The van der Waals surface area contributed by atoms with Gasteiger partial charge in [0.2, 0.25) is 0 Å². The van der Waals surface area contributed by atoms with Crippen LogP contribution in [0.2, 0.25) is 0 Å². The van der Waals surface area contributed by atoms with Crippen molar-refractivity contribution in [3.8, 4) is 0 Å². The first-order valence-electron chi connectivity index (χ1n) is 4.78. The van der Waals surface area contributed by atoms with Gasteiger partial charge in [0.15, 0.2) is 0 Å². The van der Waals surface area contributed by atoms with Gasteiger partial charge >= 0.3 is 0 Å². The smallest absolute Gasteiger partial charge is 0.139 e. The normalized spacial score (nSPS) is 47.7. The van der Waals surface area contributed by atoms with E-state index < -0.39 is 0 Å². The van der Waals surface area contributed by atoms with Crippen LogP contribution < -0.4 is 0 Å². The number of rotatable bonds is 0. The monoisotopic (exact) mass is 168 g/mol. The fourth-order valence-electron chi connectivity index (χ4n) is 2.77. The Morgan fingerprint density at radius 2 is 2.33 bits per heavy atom. The van der Waals surface area contributed by atoms with Gasteiger partial charge in [0, 0.05) is 11.8 Å². The molecule has 0 aromatic carbocycles. The molecule has 1 saturated heterocycles. The third-order valence-electron chi connectivity index (χ3n) is 3.41. The highest BCUT2D eigenvalue weighted by Gasteiger charge is 2.49. The topological polar surface area (TPSA) is 26.3 Å². The number of ether oxygens (including phenoxy) is 1. The van der Waals surface area contributed by atoms with Crippen molar-refractivity contribution in [2.24, 2.45) is 11.3 Å². The molecule has 1 saturated carbocycles. The van der Waals surface area contributed by atoms with Crippen molar-refractivity contribution in [3.63, 3.8) is 0 Å². The lowest BCUT2D eigenvalue weighted by Gasteiger charge is -2.34. The summed E-state index contributed by atoms with van der Waals surface area (Å²) >= 11 is 0. The van der Waals surface area contributed by atoms with Gasteiger partial charge in [-0.2, -0.15) is 0 Å². The van der Waals surface area contributed by atoms with E-state index in [1.807, 2.05) is 6.92 Å². The van der Waals surface area contributed by atoms with E-state index in [1.165, 1.54) is 0 Å². The molecule has 2 aliphatic rings. The number of fused-ring (bicyclic) bond motifs is 1. The van der Waals surface area contributed by atoms with Crippen LogP contribution in [0.4, 0.5) is 0 Å². The Morgan fingerprint density at radius 1 is 1.58 bits per heavy atom. The predicted octanol–water partition coefficient (Wildman–Crippen LogP) is 1.78. The molecule has 1 heterocycles. The maximum Gasteiger partial charge on any atom is 0.139 e. The standard InChI is InChI=1S/C10H16O2/c1-7-9-8(11)4-3-5-10(9,2)6-12-7/h7,9H,3-6H2,1-2H3. The van der Waals surface area contributed by atoms with Crippen molar-refractivity contribution in [1.82, 2.24) is 0 Å². The lowest BCUT2D eigenvalue weighted by molar-refractivity contribution is -0.129. The number of carbonyl (C=O) groups is 1. The molecule has 0 spiro atoms. The van der Waals surface area contributed by atoms with Crippen molar-refractivity contribution in [2.75, 3.05) is 6.61 Å². The zero-order valence-corrected chi connectivity index (χ0v) is 7.80. The maximum absolute atomic E-state index is 11.6. The van der Waals surface area contributed by atoms with Crippen molar-refractivity contribution < 1.29 is 9.53 Å². The Labute approximate surface area is 73.3 Å². The number of Topliss-reactive ketones (excluding diaryl/α,β-unsaturated/α-hetero) is 1. The van der Waals surface area contributed by atoms with Crippen LogP contribution in [0.1, 0.15) is 33.1 Å². The Bertz CT molecular complexity index is 208. The zero-order valence-electron chi connectivity index (χ0n) is 7.80. The van der Waals surface area contributed by atoms with Crippen molar-refractivity contribution in [3.05, 3.63) is 0 Å². The second-order valence-corrected chi connectivity index (χ2v) is 4.47. The molecule has 2 nitrogen and oxygen atoms in total. The number of hydrogen-bond acceptors (Lipinski definition) is 2. The first-order chi connectivity index (χ1) is 5.63. The van der Waals surface area contributed by atoms with Crippen molar-refractivity contribution in [1.29, 1.82) is 0 Å². The third kappa shape index (κ3) is 1.01. The molecule has 1 aliphatic heterocycles. The predicted molar refractivity (Wildman–Crippen MR) is 45.9 cm³/mol. The Morgan fingerprint density at radius 3 is 3.00 bits per heavy atom. The van der Waals surface area contributed by atoms with Crippen LogP contribution in [0.25, 0.3) is 0 Å². The van der Waals surface area contributed by atoms with Crippen molar-refractivity contribution in [2.45, 2.75) is 39.2 Å². The molecule has 12 heavy (non-hydrogen) atoms. The summed E-state index contributed by atoms with van der Waals surface area (Å²) in [5.41, 5.74) is 0.161. The van der Waals surface area contributed by atoms with Gasteiger partial charge in [0.05, 0.1) is 18.6 Å². The quantitative estimate of drug-likeness (QED) is 0.551. The van der Waals surface area contributed by atoms with Crippen LogP contribution in [0.5, 0.6) is 0 Å². The van der Waals surface area contributed by atoms with Gasteiger partial charge < -0.3 is 4.74 Å². The highest BCUT2D eigenvalue weighted by Crippen LogP contribution is 2.46. The van der Waals surface area contributed by atoms with Crippen LogP contribution in [-0.4, -0.2) is 18.5 Å². The molecule has 0 radical (unpaired) electrons. The van der Waals surface area contributed by atoms with Crippen LogP contribution >= 0.6 is 0 Å². The van der Waals surface area contributed by atoms with Crippen LogP contribution in [0, 0.1) is 11.3 Å². The molecule has 0 amide bonds. The molecule has 2 fully saturated rings. The Kier molecular flexibility index (Phi) is 1.76. The molecule has 68 valence electrons. The summed E-state index contributed by atoms with van der Waals surface area (Å²) in [6.07, 6.45) is 3.15. The van der Waals surface area contributed by atoms with E-state index in [-0.39, 0.29) is 17.4 Å². The van der Waals surface area contributed by atoms with E-state index in [9.17, 15) is 4.79 Å². The number of carbonyl (C=O) groups excluding carboxylic acids is 1. The lowest BCUT2D eigenvalue weighted by atomic mass is 9.67. The molecular weight excluding hydrogens is 152 g/mol. The average Bonchev–Trinajstić information content (AvgIpc) is 2.29. The van der Waals surface area contributed by atoms with Crippen molar-refractivity contribution >= 4 is 5.78 Å². The second kappa shape index (κ2) is 2.56. The SMILES string of the molecule is CC1OCC2(C)CCCC(=O)C12. The molecule has 0 aromatic rings. The highest BCUT2D eigenvalue weighted by atomic mass is 16.5. The van der Waals surface area contributed by atoms with E-state index >= 15 is 0 Å². The van der Waals surface area contributed by atoms with Gasteiger partial charge in [0.25, 0.3) is 0 Å². The molecule has 0 aromatic heterocycles. The fraction of sp³-hybridized carbons (Fsp3) is 0.900. The molecule has 3 unspecified atom stereocenters. The lowest BCUT2D eigenvalue weighted by Crippen LogP contribution is -2.38. The summed E-state index contributed by atoms with van der Waals surface area (Å²) in [7, 11) is 0. The summed E-state index contributed by atoms with van der Waals surface area (Å²) in [4.78, 5) is 11.6. The van der Waals surface area contributed by atoms with Crippen LogP contribution in [-0.2, 0) is 9.53 Å². The van der Waals surface area contributed by atoms with Crippen LogP contribution in [0.15, 0.2) is 0 Å². The molecule has 3 atom stereocenters. The van der Waals surface area contributed by atoms with E-state index in [0.717, 1.165) is 25.9 Å². The van der Waals surface area contributed by atoms with Gasteiger partial charge in [-0.15, -0.1) is 0 Å². The largest absolute Gasteiger partial charge is 0.377 e. The minimum absolute atomic E-state index is 0.155. The van der Waals surface area contributed by atoms with E-state index in [1.54, 1.807) is 0 Å². The summed E-state index contributed by atoms with van der Waals surface area (Å²) in [5, 5.41) is 0. The highest BCUT2D eigenvalue weighted by molar-refractivity contribution is 5.83. The minimum Gasteiger partial charge on any atom is -0.377 e. The van der Waals surface area contributed by atoms with Gasteiger partial charge in [-0.3, -0.25) is 4.79 Å². The van der Waals surface area contributed by atoms with Gasteiger partial charge in [0.1, 0.15) is 5.78 Å². The Balaban J connectivity index is 2.26. The minimum atomic E-state index is 0.155. The summed E-state index contributed by atoms with van der Waals surface area (Å²) < 4.78 is 5.55. The third-order valence-corrected chi connectivity index (χ3v) is 3.41. The van der Waals surface area contributed by atoms with E-state index in [0.29, 0.717) is 5.78 Å². The van der Waals surface area contributed by atoms with E-state index in [4.69, 9.17) is 4.74 Å². The van der Waals surface area contributed by atoms with Gasteiger partial charge in [-0.1, -0.05) is 6.92 Å². The van der Waals surface area contributed by atoms with Gasteiger partial charge in [-0.25, -0.2) is 0 Å². The average molecular weight is 168 g/mol. The van der Waals surface area contributed by atoms with Crippen LogP contribution in [0.3, 0.4) is 0 Å². The molecule has 0 N–H and O–H groups in total. The zero-order chi connectivity index (χ0) is 8.77. The molecule has 1 aliphatic carbocycles. The Hall–Kier alpha value is -0.370. The molecule has 2 rings (SSSR count). The summed E-state index contributed by atoms with van der Waals surface area (Å²) in [6.45, 7) is 5.00. The molecule has 0 bridgehead atoms. The summed E-state index contributed by atoms with van der Waals surface area (Å²) in [5.74, 6) is 0.611. The van der Waals surface area contributed by atoms with Gasteiger partial charge in [-0.05, 0) is 19.8 Å². The number of hydrogen-bond donors (Lipinski definition) is 0. The maximum atomic E-state index is 11.6.